The first-order valence-electron chi connectivity index (χ1n) is 12.8. The number of aromatic carboxylic acids is 1. The molecule has 2 aromatic carbocycles. The third-order valence-electron chi connectivity index (χ3n) is 6.93. The molecule has 1 aromatic heterocycles. The number of aromatic nitrogens is 1. The number of nitrogens with zero attached hydrogens (tertiary/aromatic N) is 4. The minimum Gasteiger partial charge on any atom is -0.477 e. The topological polar surface area (TPSA) is 116 Å². The molecule has 8 nitrogen and oxygen atoms in total. The van der Waals surface area contributed by atoms with Gasteiger partial charge in [0.25, 0.3) is 0 Å². The summed E-state index contributed by atoms with van der Waals surface area (Å²) >= 11 is 0. The summed E-state index contributed by atoms with van der Waals surface area (Å²) < 4.78 is 0. The first-order valence-corrected chi connectivity index (χ1v) is 12.8. The van der Waals surface area contributed by atoms with Crippen molar-refractivity contribution >= 4 is 34.6 Å². The molecule has 1 aliphatic rings. The average molecular weight is 511 g/mol. The smallest absolute Gasteiger partial charge is 0.354 e. The van der Waals surface area contributed by atoms with E-state index in [1.165, 1.54) is 0 Å². The predicted octanol–water partition coefficient (Wildman–Crippen LogP) is 6.02. The molecule has 0 radical (unpaired) electrons. The van der Waals surface area contributed by atoms with Crippen LogP contribution in [0, 0.1) is 28.6 Å². The number of anilines is 4. The van der Waals surface area contributed by atoms with Gasteiger partial charge in [-0.15, -0.1) is 0 Å². The van der Waals surface area contributed by atoms with Gasteiger partial charge in [-0.1, -0.05) is 32.0 Å². The molecule has 0 unspecified atom stereocenters. The number of pyridine rings is 1. The van der Waals surface area contributed by atoms with Gasteiger partial charge in [-0.25, -0.2) is 9.78 Å². The molecule has 4 rings (SSSR count). The molecule has 3 N–H and O–H groups in total. The second kappa shape index (κ2) is 11.3. The lowest BCUT2D eigenvalue weighted by atomic mass is 9.91. The molecule has 0 amide bonds. The van der Waals surface area contributed by atoms with Crippen molar-refractivity contribution in [3.8, 4) is 17.2 Å². The van der Waals surface area contributed by atoms with E-state index in [0.29, 0.717) is 22.7 Å². The molecule has 38 heavy (non-hydrogen) atoms. The Kier molecular flexibility index (Phi) is 7.96. The number of benzene rings is 2. The van der Waals surface area contributed by atoms with Crippen LogP contribution in [0.4, 0.5) is 22.9 Å². The summed E-state index contributed by atoms with van der Waals surface area (Å²) in [6.45, 7) is 5.56. The molecule has 0 bridgehead atoms. The number of carbonyl (C=O) groups is 1. The Balaban J connectivity index is 1.78. The number of hydrogen-bond acceptors (Lipinski definition) is 7. The highest BCUT2D eigenvalue weighted by Crippen LogP contribution is 2.35. The van der Waals surface area contributed by atoms with Crippen LogP contribution in [0.25, 0.3) is 11.1 Å². The molecule has 1 saturated heterocycles. The second-order valence-electron chi connectivity index (χ2n) is 10.2. The summed E-state index contributed by atoms with van der Waals surface area (Å²) in [7, 11) is 3.91. The lowest BCUT2D eigenvalue weighted by molar-refractivity contribution is 0.0690. The van der Waals surface area contributed by atoms with Gasteiger partial charge in [-0.3, -0.25) is 0 Å². The lowest BCUT2D eigenvalue weighted by Gasteiger charge is -2.31. The van der Waals surface area contributed by atoms with Gasteiger partial charge in [-0.05, 0) is 66.3 Å². The van der Waals surface area contributed by atoms with Gasteiger partial charge in [-0.2, -0.15) is 5.26 Å². The Labute approximate surface area is 224 Å². The average Bonchev–Trinajstić information content (AvgIpc) is 2.92. The fourth-order valence-electron chi connectivity index (χ4n) is 4.65. The fourth-order valence-corrected chi connectivity index (χ4v) is 4.65. The second-order valence-corrected chi connectivity index (χ2v) is 10.2. The van der Waals surface area contributed by atoms with E-state index in [2.05, 4.69) is 21.3 Å². The molecule has 0 aliphatic carbocycles. The first kappa shape index (κ1) is 26.7. The monoisotopic (exact) mass is 510 g/mol. The van der Waals surface area contributed by atoms with Crippen molar-refractivity contribution in [1.82, 2.24) is 4.98 Å². The Hall–Kier alpha value is -4.38. The third kappa shape index (κ3) is 5.78. The van der Waals surface area contributed by atoms with Crippen LogP contribution >= 0.6 is 0 Å². The predicted molar refractivity (Wildman–Crippen MR) is 153 cm³/mol. The zero-order chi connectivity index (χ0) is 27.4. The molecular formula is C30H34N6O2. The number of hydrogen-bond donors (Lipinski definition) is 3. The van der Waals surface area contributed by atoms with Crippen molar-refractivity contribution < 1.29 is 9.90 Å². The van der Waals surface area contributed by atoms with E-state index in [0.717, 1.165) is 48.6 Å². The van der Waals surface area contributed by atoms with Gasteiger partial charge < -0.3 is 25.6 Å². The number of carboxylic acids is 1. The maximum Gasteiger partial charge on any atom is 0.354 e. The standard InChI is InChI=1S/C30H34N6O2/c1-19(2)28(32)27-25(21-8-10-23(11-9-21)36-14-12-20(18-31)13-15-36)17-26(30(37)38)34-29(27)33-22-6-5-7-24(16-22)35(3)4/h5-11,16-17,19-20,32H,12-15H2,1-4H3,(H,33,34)(H,37,38). The number of carboxylic acid groups (broad SMARTS) is 1. The van der Waals surface area contributed by atoms with Crippen LogP contribution in [-0.4, -0.2) is 49.0 Å². The van der Waals surface area contributed by atoms with E-state index in [1.807, 2.05) is 81.4 Å². The zero-order valence-electron chi connectivity index (χ0n) is 22.3. The van der Waals surface area contributed by atoms with Gasteiger partial charge in [0.05, 0.1) is 6.07 Å². The molecule has 0 atom stereocenters. The summed E-state index contributed by atoms with van der Waals surface area (Å²) in [5.74, 6) is -0.764. The highest BCUT2D eigenvalue weighted by atomic mass is 16.4. The maximum absolute atomic E-state index is 12.1. The highest BCUT2D eigenvalue weighted by molar-refractivity contribution is 6.10. The van der Waals surface area contributed by atoms with Crippen LogP contribution in [0.2, 0.25) is 0 Å². The van der Waals surface area contributed by atoms with Crippen molar-refractivity contribution in [1.29, 1.82) is 10.7 Å². The Morgan fingerprint density at radius 1 is 1.16 bits per heavy atom. The molecular weight excluding hydrogens is 476 g/mol. The SMILES string of the molecule is CC(C)C(=N)c1c(-c2ccc(N3CCC(C#N)CC3)cc2)cc(C(=O)O)nc1Nc1cccc(N(C)C)c1. The van der Waals surface area contributed by atoms with Gasteiger partial charge in [0.2, 0.25) is 0 Å². The van der Waals surface area contributed by atoms with Crippen LogP contribution in [0.15, 0.2) is 54.6 Å². The summed E-state index contributed by atoms with van der Waals surface area (Å²) in [5, 5.41) is 31.3. The van der Waals surface area contributed by atoms with Gasteiger partial charge >= 0.3 is 5.97 Å². The summed E-state index contributed by atoms with van der Waals surface area (Å²) in [5.41, 5.74) is 5.14. The van der Waals surface area contributed by atoms with Crippen molar-refractivity contribution in [2.45, 2.75) is 26.7 Å². The van der Waals surface area contributed by atoms with Crippen LogP contribution in [0.3, 0.4) is 0 Å². The number of nitrogens with one attached hydrogen (secondary N) is 2. The molecule has 0 spiro atoms. The lowest BCUT2D eigenvalue weighted by Crippen LogP contribution is -2.33. The van der Waals surface area contributed by atoms with E-state index in [1.54, 1.807) is 6.07 Å². The number of rotatable bonds is 8. The highest BCUT2D eigenvalue weighted by Gasteiger charge is 2.23. The van der Waals surface area contributed by atoms with Crippen LogP contribution in [-0.2, 0) is 0 Å². The number of nitriles is 1. The van der Waals surface area contributed by atoms with Crippen LogP contribution in [0.1, 0.15) is 42.7 Å². The van der Waals surface area contributed by atoms with E-state index in [-0.39, 0.29) is 17.5 Å². The Bertz CT molecular complexity index is 1370. The fraction of sp³-hybridized carbons (Fsp3) is 0.333. The maximum atomic E-state index is 12.1. The third-order valence-corrected chi connectivity index (χ3v) is 6.93. The van der Waals surface area contributed by atoms with Gasteiger partial charge in [0, 0.05) is 61.4 Å². The van der Waals surface area contributed by atoms with Crippen molar-refractivity contribution in [2.75, 3.05) is 42.3 Å². The van der Waals surface area contributed by atoms with E-state index in [4.69, 9.17) is 5.41 Å². The van der Waals surface area contributed by atoms with Crippen LogP contribution < -0.4 is 15.1 Å². The molecule has 196 valence electrons. The summed E-state index contributed by atoms with van der Waals surface area (Å²) in [6.07, 6.45) is 1.70. The van der Waals surface area contributed by atoms with Crippen molar-refractivity contribution in [2.24, 2.45) is 11.8 Å². The molecule has 2 heterocycles. The normalized spacial score (nSPS) is 13.7. The largest absolute Gasteiger partial charge is 0.477 e. The quantitative estimate of drug-likeness (QED) is 0.317. The van der Waals surface area contributed by atoms with Gasteiger partial charge in [0.1, 0.15) is 5.82 Å². The van der Waals surface area contributed by atoms with E-state index >= 15 is 0 Å². The van der Waals surface area contributed by atoms with E-state index < -0.39 is 5.97 Å². The summed E-state index contributed by atoms with van der Waals surface area (Å²) in [4.78, 5) is 20.8. The minimum absolute atomic E-state index is 0.0887. The molecule has 0 saturated carbocycles. The number of piperidine rings is 1. The molecule has 1 aliphatic heterocycles. The first-order chi connectivity index (χ1) is 18.2. The van der Waals surface area contributed by atoms with E-state index in [9.17, 15) is 15.2 Å². The molecule has 3 aromatic rings. The summed E-state index contributed by atoms with van der Waals surface area (Å²) in [6, 6.07) is 19.7. The van der Waals surface area contributed by atoms with Crippen molar-refractivity contribution in [3.63, 3.8) is 0 Å². The minimum atomic E-state index is -1.13. The van der Waals surface area contributed by atoms with Crippen LogP contribution in [0.5, 0.6) is 0 Å². The van der Waals surface area contributed by atoms with Gasteiger partial charge in [0.15, 0.2) is 5.69 Å². The molecule has 8 heteroatoms. The molecule has 1 fully saturated rings. The van der Waals surface area contributed by atoms with Crippen molar-refractivity contribution in [3.05, 3.63) is 65.9 Å². The Morgan fingerprint density at radius 3 is 2.42 bits per heavy atom. The zero-order valence-corrected chi connectivity index (χ0v) is 22.3. The Morgan fingerprint density at radius 2 is 1.84 bits per heavy atom.